The molecule has 2 aromatic carbocycles. The average molecular weight is 573 g/mol. The van der Waals surface area contributed by atoms with Gasteiger partial charge in [0.15, 0.2) is 5.96 Å². The fourth-order valence-electron chi connectivity index (χ4n) is 3.21. The lowest BCUT2D eigenvalue weighted by Gasteiger charge is -2.17. The Morgan fingerprint density at radius 2 is 1.58 bits per heavy atom. The van der Waals surface area contributed by atoms with Gasteiger partial charge in [0.2, 0.25) is 0 Å². The molecule has 9 heteroatoms. The number of guanidine groups is 1. The van der Waals surface area contributed by atoms with E-state index in [0.29, 0.717) is 44.4 Å². The summed E-state index contributed by atoms with van der Waals surface area (Å²) < 4.78 is 27.3. The molecule has 0 bridgehead atoms. The number of aryl methyl sites for hydroxylation is 1. The quantitative estimate of drug-likeness (QED) is 0.174. The molecule has 0 aliphatic rings. The fourth-order valence-corrected chi connectivity index (χ4v) is 3.21. The van der Waals surface area contributed by atoms with E-state index >= 15 is 0 Å². The minimum Gasteiger partial charge on any atom is -0.496 e. The number of benzene rings is 2. The van der Waals surface area contributed by atoms with Crippen LogP contribution in [0.15, 0.2) is 35.3 Å². The molecule has 0 aliphatic carbocycles. The summed E-state index contributed by atoms with van der Waals surface area (Å²) in [5.74, 6) is 3.68. The van der Waals surface area contributed by atoms with Crippen LogP contribution in [0.1, 0.15) is 16.7 Å². The number of methoxy groups -OCH3 is 4. The van der Waals surface area contributed by atoms with Crippen molar-refractivity contribution in [2.24, 2.45) is 4.99 Å². The maximum Gasteiger partial charge on any atom is 0.191 e. The van der Waals surface area contributed by atoms with E-state index in [1.54, 1.807) is 35.5 Å². The third kappa shape index (κ3) is 8.81. The molecular formula is C24H36IN3O5. The zero-order chi connectivity index (χ0) is 23.3. The van der Waals surface area contributed by atoms with Gasteiger partial charge in [-0.05, 0) is 25.0 Å². The predicted octanol–water partition coefficient (Wildman–Crippen LogP) is 3.57. The second kappa shape index (κ2) is 15.4. The number of rotatable bonds is 12. The third-order valence-corrected chi connectivity index (χ3v) is 4.92. The van der Waals surface area contributed by atoms with E-state index in [1.807, 2.05) is 25.1 Å². The number of hydrogen-bond donors (Lipinski definition) is 2. The normalized spacial score (nSPS) is 10.8. The highest BCUT2D eigenvalue weighted by molar-refractivity contribution is 14.0. The van der Waals surface area contributed by atoms with Gasteiger partial charge >= 0.3 is 0 Å². The summed E-state index contributed by atoms with van der Waals surface area (Å²) in [6.07, 6.45) is 0.687. The molecule has 0 heterocycles. The first kappa shape index (κ1) is 28.6. The van der Waals surface area contributed by atoms with Crippen molar-refractivity contribution in [2.75, 3.05) is 55.2 Å². The maximum atomic E-state index is 5.87. The second-order valence-corrected chi connectivity index (χ2v) is 7.07. The first-order chi connectivity index (χ1) is 15.6. The van der Waals surface area contributed by atoms with Crippen molar-refractivity contribution in [3.8, 4) is 23.0 Å². The van der Waals surface area contributed by atoms with Gasteiger partial charge in [0.05, 0.1) is 27.9 Å². The van der Waals surface area contributed by atoms with Crippen LogP contribution in [0.5, 0.6) is 23.0 Å². The zero-order valence-corrected chi connectivity index (χ0v) is 22.6. The van der Waals surface area contributed by atoms with Gasteiger partial charge in [-0.3, -0.25) is 4.99 Å². The lowest BCUT2D eigenvalue weighted by molar-refractivity contribution is 0.145. The molecule has 0 atom stereocenters. The molecule has 33 heavy (non-hydrogen) atoms. The van der Waals surface area contributed by atoms with Crippen molar-refractivity contribution < 1.29 is 23.7 Å². The molecule has 0 fully saturated rings. The van der Waals surface area contributed by atoms with Crippen LogP contribution in [0, 0.1) is 6.92 Å². The van der Waals surface area contributed by atoms with Crippen LogP contribution in [-0.2, 0) is 17.7 Å². The maximum absolute atomic E-state index is 5.87. The van der Waals surface area contributed by atoms with Gasteiger partial charge in [-0.25, -0.2) is 0 Å². The molecule has 184 valence electrons. The van der Waals surface area contributed by atoms with E-state index in [2.05, 4.69) is 27.8 Å². The van der Waals surface area contributed by atoms with Crippen LogP contribution in [-0.4, -0.2) is 61.2 Å². The highest BCUT2D eigenvalue weighted by atomic mass is 127. The Morgan fingerprint density at radius 3 is 2.15 bits per heavy atom. The number of ether oxygens (including phenoxy) is 5. The van der Waals surface area contributed by atoms with Crippen LogP contribution >= 0.6 is 24.0 Å². The summed E-state index contributed by atoms with van der Waals surface area (Å²) in [4.78, 5) is 4.32. The summed E-state index contributed by atoms with van der Waals surface area (Å²) in [7, 11) is 8.30. The van der Waals surface area contributed by atoms with Gasteiger partial charge in [-0.2, -0.15) is 0 Å². The Morgan fingerprint density at radius 1 is 0.879 bits per heavy atom. The van der Waals surface area contributed by atoms with E-state index in [9.17, 15) is 0 Å². The number of hydrogen-bond acceptors (Lipinski definition) is 6. The largest absolute Gasteiger partial charge is 0.496 e. The minimum absolute atomic E-state index is 0. The minimum atomic E-state index is 0. The molecule has 0 saturated heterocycles. The van der Waals surface area contributed by atoms with E-state index in [1.165, 1.54) is 0 Å². The third-order valence-electron chi connectivity index (χ3n) is 4.92. The standard InChI is InChI=1S/C24H35N3O5.HI/c1-17-7-8-18(21(13-17)32-12-11-28-3)16-27-24(25-2)26-10-9-20-22(30-5)14-19(29-4)15-23(20)31-6;/h7-8,13-15H,9-12,16H2,1-6H3,(H2,25,26,27);1H. The second-order valence-electron chi connectivity index (χ2n) is 7.07. The highest BCUT2D eigenvalue weighted by Crippen LogP contribution is 2.34. The molecule has 0 radical (unpaired) electrons. The SMILES string of the molecule is CN=C(NCCc1c(OC)cc(OC)cc1OC)NCc1ccc(C)cc1OCCOC.I. The summed E-state index contributed by atoms with van der Waals surface area (Å²) >= 11 is 0. The smallest absolute Gasteiger partial charge is 0.191 e. The lowest BCUT2D eigenvalue weighted by Crippen LogP contribution is -2.38. The lowest BCUT2D eigenvalue weighted by atomic mass is 10.1. The van der Waals surface area contributed by atoms with Gasteiger partial charge in [0, 0.05) is 50.5 Å². The van der Waals surface area contributed by atoms with Crippen molar-refractivity contribution in [3.63, 3.8) is 0 Å². The van der Waals surface area contributed by atoms with E-state index < -0.39 is 0 Å². The molecule has 0 unspecified atom stereocenters. The summed E-state index contributed by atoms with van der Waals surface area (Å²) in [5.41, 5.74) is 3.16. The van der Waals surface area contributed by atoms with Crippen molar-refractivity contribution in [1.29, 1.82) is 0 Å². The molecule has 0 aromatic heterocycles. The topological polar surface area (TPSA) is 82.6 Å². The molecular weight excluding hydrogens is 537 g/mol. The molecule has 0 aliphatic heterocycles. The van der Waals surface area contributed by atoms with Crippen LogP contribution in [0.4, 0.5) is 0 Å². The van der Waals surface area contributed by atoms with Gasteiger partial charge in [-0.1, -0.05) is 12.1 Å². The summed E-state index contributed by atoms with van der Waals surface area (Å²) in [5, 5.41) is 6.68. The molecule has 2 aromatic rings. The molecule has 0 saturated carbocycles. The summed E-state index contributed by atoms with van der Waals surface area (Å²) in [6.45, 7) is 4.32. The van der Waals surface area contributed by atoms with Crippen LogP contribution < -0.4 is 29.6 Å². The number of nitrogens with one attached hydrogen (secondary N) is 2. The Balaban J connectivity index is 0.00000544. The number of halogens is 1. The molecule has 2 rings (SSSR count). The zero-order valence-electron chi connectivity index (χ0n) is 20.3. The Bertz CT molecular complexity index is 867. The van der Waals surface area contributed by atoms with Crippen molar-refractivity contribution >= 4 is 29.9 Å². The van der Waals surface area contributed by atoms with Crippen LogP contribution in [0.25, 0.3) is 0 Å². The van der Waals surface area contributed by atoms with Gasteiger partial charge in [0.25, 0.3) is 0 Å². The van der Waals surface area contributed by atoms with Gasteiger partial charge in [-0.15, -0.1) is 24.0 Å². The number of aliphatic imine (C=N–C) groups is 1. The molecule has 8 nitrogen and oxygen atoms in total. The van der Waals surface area contributed by atoms with Crippen molar-refractivity contribution in [1.82, 2.24) is 10.6 Å². The Kier molecular flexibility index (Phi) is 13.4. The molecule has 2 N–H and O–H groups in total. The monoisotopic (exact) mass is 573 g/mol. The first-order valence-electron chi connectivity index (χ1n) is 10.5. The van der Waals surface area contributed by atoms with Gasteiger partial charge < -0.3 is 34.3 Å². The van der Waals surface area contributed by atoms with Crippen LogP contribution in [0.2, 0.25) is 0 Å². The highest BCUT2D eigenvalue weighted by Gasteiger charge is 2.13. The van der Waals surface area contributed by atoms with E-state index in [0.717, 1.165) is 33.9 Å². The fraction of sp³-hybridized carbons (Fsp3) is 0.458. The molecule has 0 amide bonds. The first-order valence-corrected chi connectivity index (χ1v) is 10.5. The predicted molar refractivity (Wildman–Crippen MR) is 142 cm³/mol. The Labute approximate surface area is 214 Å². The number of nitrogens with zero attached hydrogens (tertiary/aromatic N) is 1. The average Bonchev–Trinajstić information content (AvgIpc) is 2.81. The van der Waals surface area contributed by atoms with Crippen LogP contribution in [0.3, 0.4) is 0 Å². The van der Waals surface area contributed by atoms with Crippen molar-refractivity contribution in [3.05, 3.63) is 47.0 Å². The summed E-state index contributed by atoms with van der Waals surface area (Å²) in [6, 6.07) is 9.87. The molecule has 0 spiro atoms. The van der Waals surface area contributed by atoms with E-state index in [-0.39, 0.29) is 24.0 Å². The van der Waals surface area contributed by atoms with Gasteiger partial charge in [0.1, 0.15) is 29.6 Å². The van der Waals surface area contributed by atoms with Crippen molar-refractivity contribution in [2.45, 2.75) is 19.9 Å². The Hall–Kier alpha value is -2.40. The van der Waals surface area contributed by atoms with E-state index in [4.69, 9.17) is 23.7 Å².